The third-order valence-corrected chi connectivity index (χ3v) is 3.08. The molecule has 9 heteroatoms. The lowest BCUT2D eigenvalue weighted by Crippen LogP contribution is -2.44. The topological polar surface area (TPSA) is 166 Å². The smallest absolute Gasteiger partial charge is 0.254 e. The molecule has 0 radical (unpaired) electrons. The fraction of sp³-hybridized carbons (Fsp3) is 0.333. The van der Waals surface area contributed by atoms with E-state index in [4.69, 9.17) is 17.2 Å². The highest BCUT2D eigenvalue weighted by Gasteiger charge is 2.20. The van der Waals surface area contributed by atoms with Crippen molar-refractivity contribution in [3.63, 3.8) is 0 Å². The normalized spacial score (nSPS) is 11.2. The molecule has 0 aliphatic rings. The zero-order valence-corrected chi connectivity index (χ0v) is 13.4. The summed E-state index contributed by atoms with van der Waals surface area (Å²) in [5.74, 6) is -1.52. The highest BCUT2D eigenvalue weighted by atomic mass is 16.2. The molecule has 130 valence electrons. The van der Waals surface area contributed by atoms with Crippen LogP contribution in [0.5, 0.6) is 0 Å². The summed E-state index contributed by atoms with van der Waals surface area (Å²) in [7, 11) is 0. The minimum atomic E-state index is -0.864. The number of amides is 3. The van der Waals surface area contributed by atoms with E-state index in [0.717, 1.165) is 0 Å². The average molecular weight is 334 g/mol. The Morgan fingerprint density at radius 1 is 1.17 bits per heavy atom. The maximum Gasteiger partial charge on any atom is 0.254 e. The molecule has 1 aromatic rings. The number of guanidine groups is 1. The molecule has 0 unspecified atom stereocenters. The van der Waals surface area contributed by atoms with Gasteiger partial charge in [0.15, 0.2) is 5.96 Å². The quantitative estimate of drug-likeness (QED) is 0.240. The van der Waals surface area contributed by atoms with Gasteiger partial charge in [0.1, 0.15) is 6.04 Å². The Bertz CT molecular complexity index is 640. The highest BCUT2D eigenvalue weighted by Crippen LogP contribution is 2.15. The van der Waals surface area contributed by atoms with Crippen LogP contribution in [0.2, 0.25) is 0 Å². The molecule has 3 amide bonds. The monoisotopic (exact) mass is 334 g/mol. The van der Waals surface area contributed by atoms with Crippen LogP contribution in [0.4, 0.5) is 5.69 Å². The van der Waals surface area contributed by atoms with Crippen molar-refractivity contribution in [2.75, 3.05) is 11.9 Å². The van der Waals surface area contributed by atoms with E-state index >= 15 is 0 Å². The number of anilines is 1. The second-order valence-electron chi connectivity index (χ2n) is 5.10. The maximum absolute atomic E-state index is 12.4. The molecule has 0 aliphatic carbocycles. The lowest BCUT2D eigenvalue weighted by Gasteiger charge is -2.16. The van der Waals surface area contributed by atoms with Crippen molar-refractivity contribution < 1.29 is 14.4 Å². The summed E-state index contributed by atoms with van der Waals surface area (Å²) in [6.07, 6.45) is 0.763. The summed E-state index contributed by atoms with van der Waals surface area (Å²) in [5, 5.41) is 5.12. The first-order valence-corrected chi connectivity index (χ1v) is 7.33. The van der Waals surface area contributed by atoms with Crippen LogP contribution >= 0.6 is 0 Å². The number of nitrogens with two attached hydrogens (primary N) is 3. The fourth-order valence-electron chi connectivity index (χ4n) is 2.00. The number of carbonyl (C=O) groups excluding carboxylic acids is 3. The molecular formula is C15H22N6O3. The lowest BCUT2D eigenvalue weighted by molar-refractivity contribution is -0.120. The van der Waals surface area contributed by atoms with Crippen molar-refractivity contribution in [2.24, 2.45) is 22.2 Å². The van der Waals surface area contributed by atoms with E-state index in [1.165, 1.54) is 13.0 Å². The first-order chi connectivity index (χ1) is 11.3. The molecule has 0 bridgehead atoms. The zero-order valence-electron chi connectivity index (χ0n) is 13.4. The molecule has 1 aromatic carbocycles. The van der Waals surface area contributed by atoms with Gasteiger partial charge in [0.05, 0.1) is 11.3 Å². The van der Waals surface area contributed by atoms with Crippen LogP contribution in [-0.4, -0.2) is 36.3 Å². The largest absolute Gasteiger partial charge is 0.370 e. The van der Waals surface area contributed by atoms with Crippen molar-refractivity contribution in [2.45, 2.75) is 25.8 Å². The number of carbonyl (C=O) groups is 3. The van der Waals surface area contributed by atoms with E-state index in [1.54, 1.807) is 18.2 Å². The summed E-state index contributed by atoms with van der Waals surface area (Å²) < 4.78 is 0. The number of primary amides is 1. The van der Waals surface area contributed by atoms with Crippen LogP contribution < -0.4 is 27.8 Å². The van der Waals surface area contributed by atoms with Gasteiger partial charge in [-0.1, -0.05) is 12.1 Å². The molecule has 0 aliphatic heterocycles. The number of rotatable bonds is 8. The molecule has 24 heavy (non-hydrogen) atoms. The molecule has 0 saturated carbocycles. The van der Waals surface area contributed by atoms with Gasteiger partial charge in [-0.15, -0.1) is 0 Å². The minimum Gasteiger partial charge on any atom is -0.370 e. The molecule has 0 heterocycles. The number of para-hydroxylation sites is 1. The zero-order chi connectivity index (χ0) is 18.1. The van der Waals surface area contributed by atoms with Gasteiger partial charge in [0.25, 0.3) is 5.91 Å². The highest BCUT2D eigenvalue weighted by molar-refractivity contribution is 6.04. The van der Waals surface area contributed by atoms with E-state index in [-0.39, 0.29) is 17.4 Å². The van der Waals surface area contributed by atoms with E-state index in [1.807, 2.05) is 0 Å². The molecule has 0 spiro atoms. The second-order valence-corrected chi connectivity index (χ2v) is 5.10. The van der Waals surface area contributed by atoms with Gasteiger partial charge in [-0.3, -0.25) is 19.4 Å². The molecule has 0 fully saturated rings. The van der Waals surface area contributed by atoms with Crippen LogP contribution in [0.3, 0.4) is 0 Å². The van der Waals surface area contributed by atoms with E-state index in [2.05, 4.69) is 15.6 Å². The summed E-state index contributed by atoms with van der Waals surface area (Å²) in [6.45, 7) is 1.66. The Labute approximate surface area is 139 Å². The van der Waals surface area contributed by atoms with Crippen molar-refractivity contribution in [1.29, 1.82) is 0 Å². The minimum absolute atomic E-state index is 0.0427. The van der Waals surface area contributed by atoms with Gasteiger partial charge < -0.3 is 27.8 Å². The van der Waals surface area contributed by atoms with Crippen LogP contribution in [0, 0.1) is 0 Å². The molecule has 9 nitrogen and oxygen atoms in total. The van der Waals surface area contributed by atoms with Crippen molar-refractivity contribution in [3.05, 3.63) is 29.8 Å². The average Bonchev–Trinajstić information content (AvgIpc) is 2.49. The number of aliphatic imine (C=N–C) groups is 1. The van der Waals surface area contributed by atoms with E-state index in [9.17, 15) is 14.4 Å². The predicted molar refractivity (Wildman–Crippen MR) is 91.1 cm³/mol. The summed E-state index contributed by atoms with van der Waals surface area (Å²) in [4.78, 5) is 38.9. The Balaban J connectivity index is 2.77. The number of hydrogen-bond donors (Lipinski definition) is 5. The lowest BCUT2D eigenvalue weighted by atomic mass is 10.1. The van der Waals surface area contributed by atoms with Crippen LogP contribution in [0.15, 0.2) is 29.3 Å². The van der Waals surface area contributed by atoms with E-state index in [0.29, 0.717) is 25.1 Å². The van der Waals surface area contributed by atoms with Crippen molar-refractivity contribution in [1.82, 2.24) is 5.32 Å². The molecule has 0 saturated heterocycles. The second kappa shape index (κ2) is 9.13. The Kier molecular flexibility index (Phi) is 7.21. The first kappa shape index (κ1) is 18.9. The molecular weight excluding hydrogens is 312 g/mol. The molecule has 0 aromatic heterocycles. The van der Waals surface area contributed by atoms with Gasteiger partial charge in [0, 0.05) is 13.5 Å². The predicted octanol–water partition coefficient (Wildman–Crippen LogP) is -0.718. The Hall–Kier alpha value is -3.10. The summed E-state index contributed by atoms with van der Waals surface area (Å²) in [5.41, 5.74) is 16.3. The standard InChI is InChI=1S/C15H22N6O3/c1-9(22)20-11-6-3-2-5-10(11)14(24)21-12(13(16)23)7-4-8-19-15(17)18/h2-3,5-6,12H,4,7-8H2,1H3,(H2,16,23)(H,20,22)(H,21,24)(H4,17,18,19)/t12-/m0/s1. The first-order valence-electron chi connectivity index (χ1n) is 7.33. The van der Waals surface area contributed by atoms with Crippen molar-refractivity contribution >= 4 is 29.4 Å². The van der Waals surface area contributed by atoms with Crippen LogP contribution in [0.1, 0.15) is 30.1 Å². The summed E-state index contributed by atoms with van der Waals surface area (Å²) >= 11 is 0. The Morgan fingerprint density at radius 3 is 2.42 bits per heavy atom. The fourth-order valence-corrected chi connectivity index (χ4v) is 2.00. The third-order valence-electron chi connectivity index (χ3n) is 3.08. The van der Waals surface area contributed by atoms with Crippen molar-refractivity contribution in [3.8, 4) is 0 Å². The number of hydrogen-bond acceptors (Lipinski definition) is 4. The Morgan fingerprint density at radius 2 is 1.83 bits per heavy atom. The molecule has 1 rings (SSSR count). The number of nitrogens with zero attached hydrogens (tertiary/aromatic N) is 1. The van der Waals surface area contributed by atoms with Crippen LogP contribution in [0.25, 0.3) is 0 Å². The molecule has 1 atom stereocenters. The molecule has 8 N–H and O–H groups in total. The summed E-state index contributed by atoms with van der Waals surface area (Å²) in [6, 6.07) is 5.60. The van der Waals surface area contributed by atoms with E-state index < -0.39 is 17.9 Å². The maximum atomic E-state index is 12.4. The van der Waals surface area contributed by atoms with Gasteiger partial charge in [-0.05, 0) is 25.0 Å². The third kappa shape index (κ3) is 6.34. The van der Waals surface area contributed by atoms with Gasteiger partial charge in [-0.2, -0.15) is 0 Å². The van der Waals surface area contributed by atoms with Crippen LogP contribution in [-0.2, 0) is 9.59 Å². The van der Waals surface area contributed by atoms with Gasteiger partial charge >= 0.3 is 0 Å². The SMILES string of the molecule is CC(=O)Nc1ccccc1C(=O)N[C@@H](CCCN=C(N)N)C(N)=O. The number of nitrogens with one attached hydrogen (secondary N) is 2. The van der Waals surface area contributed by atoms with Gasteiger partial charge in [-0.25, -0.2) is 0 Å². The van der Waals surface area contributed by atoms with Gasteiger partial charge in [0.2, 0.25) is 11.8 Å². The number of benzene rings is 1.